The molecule has 0 saturated carbocycles. The molecule has 1 aliphatic rings. The summed E-state index contributed by atoms with van der Waals surface area (Å²) in [6.07, 6.45) is -3.18. The number of phosphoric ester groups is 1. The molecule has 15 nitrogen and oxygen atoms in total. The number of imidazole rings is 1. The van der Waals surface area contributed by atoms with Crippen molar-refractivity contribution in [3.8, 4) is 5.75 Å². The number of aromatic nitrogens is 4. The van der Waals surface area contributed by atoms with Crippen LogP contribution in [0, 0.1) is 0 Å². The smallest absolute Gasteiger partial charge is 0.469 e. The minimum Gasteiger partial charge on any atom is -0.508 e. The highest BCUT2D eigenvalue weighted by Crippen LogP contribution is 2.42. The number of hydrogen-bond donors (Lipinski definition) is 7. The van der Waals surface area contributed by atoms with Crippen molar-refractivity contribution in [3.05, 3.63) is 42.5 Å². The standard InChI is InChI=1S/C19H23N6O9P/c20-11(5-9-1-3-10(26)4-2-9)15(28)19(25-8-24-13-17(21)22-7-23-18(13)25)16(29)14(27)12(34-19)6-33-35(30,31)32/h1-4,7-8,11-12,14,16,26-27,29H,5-6,20H2,(H2,21,22,23)(H2,30,31,32)/t11-,12+,14+,16+,19+/m0/s1. The molecule has 0 radical (unpaired) electrons. The SMILES string of the molecule is Nc1ncnc2c1ncn2[C@]1(C(=O)[C@@H](N)Cc2ccc(O)cc2)O[C@H](COP(=O)(O)O)[C@@H](O)[C@H]1O. The number of ether oxygens (including phenoxy) is 1. The number of hydrogen-bond acceptors (Lipinski definition) is 12. The number of aliphatic hydroxyl groups excluding tert-OH is 2. The van der Waals surface area contributed by atoms with E-state index in [1.165, 1.54) is 12.1 Å². The number of Topliss-reactive ketones (excluding diaryl/α,β-unsaturated/α-hetero) is 1. The van der Waals surface area contributed by atoms with Crippen molar-refractivity contribution >= 4 is 30.6 Å². The molecule has 1 aromatic carbocycles. The number of carbonyl (C=O) groups is 1. The Kier molecular flexibility index (Phi) is 6.61. The summed E-state index contributed by atoms with van der Waals surface area (Å²) in [6, 6.07) is 4.61. The highest BCUT2D eigenvalue weighted by molar-refractivity contribution is 7.46. The molecule has 35 heavy (non-hydrogen) atoms. The van der Waals surface area contributed by atoms with E-state index >= 15 is 0 Å². The van der Waals surface area contributed by atoms with Crippen molar-refractivity contribution < 1.29 is 43.7 Å². The number of ketones is 1. The summed E-state index contributed by atoms with van der Waals surface area (Å²) in [5.74, 6) is -0.913. The molecule has 1 aliphatic heterocycles. The zero-order valence-electron chi connectivity index (χ0n) is 17.9. The van der Waals surface area contributed by atoms with Crippen LogP contribution in [0.1, 0.15) is 5.56 Å². The fourth-order valence-electron chi connectivity index (χ4n) is 3.97. The maximum atomic E-state index is 13.8. The minimum atomic E-state index is -4.96. The molecule has 0 unspecified atom stereocenters. The maximum Gasteiger partial charge on any atom is 0.469 e. The molecule has 5 atom stereocenters. The first-order valence-corrected chi connectivity index (χ1v) is 11.7. The Morgan fingerprint density at radius 3 is 2.57 bits per heavy atom. The van der Waals surface area contributed by atoms with Crippen LogP contribution in [0.15, 0.2) is 36.9 Å². The lowest BCUT2D eigenvalue weighted by molar-refractivity contribution is -0.175. The molecule has 0 spiro atoms. The highest BCUT2D eigenvalue weighted by atomic mass is 31.2. The number of phosphoric acid groups is 1. The van der Waals surface area contributed by atoms with Crippen LogP contribution in [0.4, 0.5) is 5.82 Å². The summed E-state index contributed by atoms with van der Waals surface area (Å²) in [5, 5.41) is 31.2. The lowest BCUT2D eigenvalue weighted by atomic mass is 9.91. The predicted molar refractivity (Wildman–Crippen MR) is 117 cm³/mol. The van der Waals surface area contributed by atoms with Gasteiger partial charge >= 0.3 is 7.82 Å². The molecule has 0 amide bonds. The fourth-order valence-corrected chi connectivity index (χ4v) is 4.31. The molecule has 9 N–H and O–H groups in total. The first-order valence-electron chi connectivity index (χ1n) is 10.2. The van der Waals surface area contributed by atoms with Crippen LogP contribution in [0.3, 0.4) is 0 Å². The Morgan fingerprint density at radius 2 is 1.91 bits per heavy atom. The van der Waals surface area contributed by atoms with Crippen LogP contribution in [0.25, 0.3) is 11.2 Å². The number of aliphatic hydroxyl groups is 2. The lowest BCUT2D eigenvalue weighted by Gasteiger charge is -2.34. The molecule has 2 aromatic heterocycles. The number of nitrogen functional groups attached to an aromatic ring is 1. The van der Waals surface area contributed by atoms with Crippen molar-refractivity contribution in [1.29, 1.82) is 0 Å². The largest absolute Gasteiger partial charge is 0.508 e. The molecule has 188 valence electrons. The zero-order chi connectivity index (χ0) is 25.5. The third-order valence-electron chi connectivity index (χ3n) is 5.64. The molecule has 1 fully saturated rings. The van der Waals surface area contributed by atoms with Crippen LogP contribution in [-0.4, -0.2) is 81.4 Å². The van der Waals surface area contributed by atoms with Crippen LogP contribution in [0.2, 0.25) is 0 Å². The predicted octanol–water partition coefficient (Wildman–Crippen LogP) is -1.86. The summed E-state index contributed by atoms with van der Waals surface area (Å²) in [7, 11) is -4.96. The number of aromatic hydroxyl groups is 1. The van der Waals surface area contributed by atoms with Gasteiger partial charge < -0.3 is 41.3 Å². The second kappa shape index (κ2) is 9.22. The van der Waals surface area contributed by atoms with E-state index < -0.39 is 50.3 Å². The van der Waals surface area contributed by atoms with E-state index in [2.05, 4.69) is 19.5 Å². The van der Waals surface area contributed by atoms with Gasteiger partial charge in [-0.25, -0.2) is 19.5 Å². The van der Waals surface area contributed by atoms with Crippen LogP contribution < -0.4 is 11.5 Å². The first-order chi connectivity index (χ1) is 16.4. The second-order valence-corrected chi connectivity index (χ2v) is 9.20. The summed E-state index contributed by atoms with van der Waals surface area (Å²) in [6.45, 7) is -0.853. The van der Waals surface area contributed by atoms with Gasteiger partial charge in [0.1, 0.15) is 42.2 Å². The topological polar surface area (TPSA) is 249 Å². The molecule has 0 bridgehead atoms. The van der Waals surface area contributed by atoms with Crippen molar-refractivity contribution in [2.45, 2.75) is 36.5 Å². The van der Waals surface area contributed by atoms with E-state index in [9.17, 15) is 24.7 Å². The molecule has 16 heteroatoms. The van der Waals surface area contributed by atoms with Gasteiger partial charge in [0.15, 0.2) is 11.5 Å². The number of nitrogens with zero attached hydrogens (tertiary/aromatic N) is 4. The number of phenolic OH excluding ortho intramolecular Hbond substituents is 1. The number of fused-ring (bicyclic) bond motifs is 1. The van der Waals surface area contributed by atoms with Gasteiger partial charge in [-0.2, -0.15) is 0 Å². The third kappa shape index (κ3) is 4.63. The number of benzene rings is 1. The zero-order valence-corrected chi connectivity index (χ0v) is 18.8. The molecule has 1 saturated heterocycles. The summed E-state index contributed by atoms with van der Waals surface area (Å²) in [4.78, 5) is 43.8. The quantitative estimate of drug-likeness (QED) is 0.164. The highest BCUT2D eigenvalue weighted by Gasteiger charge is 2.62. The summed E-state index contributed by atoms with van der Waals surface area (Å²) in [5.41, 5.74) is 10.3. The summed E-state index contributed by atoms with van der Waals surface area (Å²) >= 11 is 0. The van der Waals surface area contributed by atoms with Gasteiger partial charge in [-0.3, -0.25) is 13.9 Å². The van der Waals surface area contributed by atoms with Crippen molar-refractivity contribution in [2.75, 3.05) is 12.3 Å². The molecule has 0 aliphatic carbocycles. The first kappa shape index (κ1) is 25.1. The molecule has 3 heterocycles. The van der Waals surface area contributed by atoms with Crippen molar-refractivity contribution in [1.82, 2.24) is 19.5 Å². The van der Waals surface area contributed by atoms with Crippen molar-refractivity contribution in [3.63, 3.8) is 0 Å². The lowest BCUT2D eigenvalue weighted by Crippen LogP contribution is -2.57. The Morgan fingerprint density at radius 1 is 1.23 bits per heavy atom. The van der Waals surface area contributed by atoms with Gasteiger partial charge in [0.25, 0.3) is 0 Å². The van der Waals surface area contributed by atoms with E-state index in [0.29, 0.717) is 5.56 Å². The monoisotopic (exact) mass is 510 g/mol. The number of carbonyl (C=O) groups excluding carboxylic acids is 1. The Labute approximate surface area is 197 Å². The average molecular weight is 510 g/mol. The molecule has 3 aromatic rings. The average Bonchev–Trinajstić information content (AvgIpc) is 3.34. The third-order valence-corrected chi connectivity index (χ3v) is 6.13. The number of rotatable bonds is 8. The molecular weight excluding hydrogens is 487 g/mol. The van der Waals surface area contributed by atoms with E-state index in [0.717, 1.165) is 17.2 Å². The van der Waals surface area contributed by atoms with E-state index in [-0.39, 0.29) is 29.2 Å². The van der Waals surface area contributed by atoms with E-state index in [1.54, 1.807) is 12.1 Å². The fraction of sp³-hybridized carbons (Fsp3) is 0.368. The van der Waals surface area contributed by atoms with Gasteiger partial charge in [-0.05, 0) is 24.1 Å². The van der Waals surface area contributed by atoms with Crippen LogP contribution >= 0.6 is 7.82 Å². The Hall–Kier alpha value is -3.01. The molecule has 4 rings (SSSR count). The van der Waals surface area contributed by atoms with Crippen LogP contribution in [0.5, 0.6) is 5.75 Å². The maximum absolute atomic E-state index is 13.8. The van der Waals surface area contributed by atoms with Crippen LogP contribution in [-0.2, 0) is 30.8 Å². The van der Waals surface area contributed by atoms with Gasteiger partial charge in [0.2, 0.25) is 11.5 Å². The van der Waals surface area contributed by atoms with E-state index in [1.807, 2.05) is 0 Å². The Balaban J connectivity index is 1.77. The van der Waals surface area contributed by atoms with E-state index in [4.69, 9.17) is 26.0 Å². The number of nitrogens with two attached hydrogens (primary N) is 2. The van der Waals surface area contributed by atoms with Crippen molar-refractivity contribution in [2.24, 2.45) is 5.73 Å². The van der Waals surface area contributed by atoms with Gasteiger partial charge in [0, 0.05) is 0 Å². The number of anilines is 1. The summed E-state index contributed by atoms with van der Waals surface area (Å²) < 4.78 is 22.4. The van der Waals surface area contributed by atoms with Gasteiger partial charge in [-0.1, -0.05) is 12.1 Å². The van der Waals surface area contributed by atoms with Gasteiger partial charge in [-0.15, -0.1) is 0 Å². The Bertz CT molecular complexity index is 1280. The normalized spacial score (nSPS) is 25.7. The number of phenols is 1. The molecular formula is C19H23N6O9P. The van der Waals surface area contributed by atoms with Gasteiger partial charge in [0.05, 0.1) is 12.6 Å². The minimum absolute atomic E-state index is 0.0119. The second-order valence-electron chi connectivity index (χ2n) is 7.96.